The third-order valence-electron chi connectivity index (χ3n) is 3.10. The van der Waals surface area contributed by atoms with Crippen LogP contribution >= 0.6 is 24.8 Å². The summed E-state index contributed by atoms with van der Waals surface area (Å²) in [5.74, 6) is 0. The minimum atomic E-state index is 0. The summed E-state index contributed by atoms with van der Waals surface area (Å²) in [5, 5.41) is 5.32. The first kappa shape index (κ1) is 21.0. The Morgan fingerprint density at radius 3 is 1.32 bits per heavy atom. The summed E-state index contributed by atoms with van der Waals surface area (Å²) in [4.78, 5) is 0. The Morgan fingerprint density at radius 2 is 0.955 bits per heavy atom. The minimum absolute atomic E-state index is 0. The average molecular weight is 496 g/mol. The van der Waals surface area contributed by atoms with E-state index in [2.05, 4.69) is 89.2 Å². The molecule has 0 N–H and O–H groups in total. The van der Waals surface area contributed by atoms with Crippen molar-refractivity contribution in [1.29, 1.82) is 0 Å². The molecule has 0 amide bonds. The maximum absolute atomic E-state index is 3.39. The van der Waals surface area contributed by atoms with Crippen LogP contribution in [0.3, 0.4) is 0 Å². The first-order chi connectivity index (χ1) is 9.93. The number of hydrogen-bond donors (Lipinski definition) is 0. The summed E-state index contributed by atoms with van der Waals surface area (Å²) < 4.78 is 3.39. The molecule has 0 saturated heterocycles. The molecule has 0 aliphatic rings. The Morgan fingerprint density at radius 1 is 0.591 bits per heavy atom. The van der Waals surface area contributed by atoms with Crippen molar-refractivity contribution in [3.8, 4) is 0 Å². The van der Waals surface area contributed by atoms with Gasteiger partial charge in [-0.1, -0.05) is 12.1 Å². The van der Waals surface area contributed by atoms with Gasteiger partial charge in [-0.15, -0.1) is 84.1 Å². The van der Waals surface area contributed by atoms with E-state index >= 15 is 0 Å². The summed E-state index contributed by atoms with van der Waals surface area (Å²) >= 11 is 1.06. The third kappa shape index (κ3) is 5.64. The molecule has 22 heavy (non-hydrogen) atoms. The number of rotatable bonds is 0. The summed E-state index contributed by atoms with van der Waals surface area (Å²) in [6, 6.07) is 29.3. The summed E-state index contributed by atoms with van der Waals surface area (Å²) in [5.41, 5.74) is 0. The van der Waals surface area contributed by atoms with Crippen molar-refractivity contribution in [2.75, 3.05) is 0 Å². The Hall–Kier alpha value is -1.02. The second-order valence-electron chi connectivity index (χ2n) is 4.31. The van der Waals surface area contributed by atoms with Crippen LogP contribution in [0.25, 0.3) is 21.5 Å². The van der Waals surface area contributed by atoms with Crippen LogP contribution < -0.4 is 0 Å². The van der Waals surface area contributed by atoms with E-state index in [1.54, 1.807) is 0 Å². The van der Waals surface area contributed by atoms with E-state index in [9.17, 15) is 0 Å². The van der Waals surface area contributed by atoms with Crippen LogP contribution in [-0.2, 0) is 23.9 Å². The average Bonchev–Trinajstić information content (AvgIpc) is 3.18. The normalized spacial score (nSPS) is 8.64. The van der Waals surface area contributed by atoms with E-state index in [0.717, 1.165) is 23.9 Å². The van der Waals surface area contributed by atoms with Gasteiger partial charge in [-0.3, -0.25) is 0 Å². The van der Waals surface area contributed by atoms with Crippen LogP contribution in [0.15, 0.2) is 84.9 Å². The third-order valence-corrected chi connectivity index (χ3v) is 3.10. The van der Waals surface area contributed by atoms with Crippen LogP contribution in [0.5, 0.6) is 0 Å². The van der Waals surface area contributed by atoms with E-state index in [0.29, 0.717) is 0 Å². The van der Waals surface area contributed by atoms with Gasteiger partial charge in [-0.25, -0.2) is 0 Å². The van der Waals surface area contributed by atoms with Crippen molar-refractivity contribution in [3.63, 3.8) is 0 Å². The van der Waals surface area contributed by atoms with Gasteiger partial charge in [0.2, 0.25) is 0 Å². The number of halogens is 2. The van der Waals surface area contributed by atoms with Crippen molar-refractivity contribution in [2.24, 2.45) is 0 Å². The number of benzene rings is 2. The van der Waals surface area contributed by atoms with Gasteiger partial charge in [0, 0.05) is 0 Å². The zero-order chi connectivity index (χ0) is 14.2. The van der Waals surface area contributed by atoms with Gasteiger partial charge in [-0.05, 0) is 0 Å². The molecule has 4 rings (SSSR count). The molecule has 0 aliphatic carbocycles. The van der Waals surface area contributed by atoms with Gasteiger partial charge in [0.05, 0.1) is 0 Å². The number of fused-ring (bicyclic) bond motifs is 2. The van der Waals surface area contributed by atoms with E-state index < -0.39 is 0 Å². The fraction of sp³-hybridized carbons (Fsp3) is 0. The van der Waals surface area contributed by atoms with Crippen LogP contribution in [0, 0.1) is 0 Å². The molecule has 0 atom stereocenters. The fourth-order valence-electron chi connectivity index (χ4n) is 2.14. The molecule has 112 valence electrons. The Bertz CT molecular complexity index is 644. The molecule has 0 bridgehead atoms. The molecular formula is C19H18Cl2Hf. The van der Waals surface area contributed by atoms with Crippen molar-refractivity contribution in [2.45, 2.75) is 0 Å². The van der Waals surface area contributed by atoms with Gasteiger partial charge < -0.3 is 0 Å². The largest absolute Gasteiger partial charge is 0.168 e. The Balaban J connectivity index is 0.000000334. The SMILES string of the molecule is Cl.Cl.[CH2]=[Hf+2].c1ccc2[cH-]ccc2c1.c1ccc2[cH-]ccc2c1. The van der Waals surface area contributed by atoms with Gasteiger partial charge in [-0.2, -0.15) is 35.0 Å². The van der Waals surface area contributed by atoms with Crippen molar-refractivity contribution in [1.82, 2.24) is 0 Å². The minimum Gasteiger partial charge on any atom is -0.168 e. The van der Waals surface area contributed by atoms with Crippen molar-refractivity contribution < 1.29 is 23.9 Å². The molecule has 4 aromatic carbocycles. The van der Waals surface area contributed by atoms with Crippen molar-refractivity contribution in [3.05, 3.63) is 84.9 Å². The molecule has 0 saturated carbocycles. The molecule has 0 heterocycles. The van der Waals surface area contributed by atoms with Crippen LogP contribution in [0.1, 0.15) is 0 Å². The molecular weight excluding hydrogens is 478 g/mol. The zero-order valence-corrected chi connectivity index (χ0v) is 17.3. The molecule has 0 radical (unpaired) electrons. The van der Waals surface area contributed by atoms with Gasteiger partial charge in [0.25, 0.3) is 0 Å². The standard InChI is InChI=1S/2C9H7.CH2.2ClH.Hf/c2*1-2-5-9-7-3-6-8(9)4-1;;;;/h2*1-7H;1H2;2*1H;/q2*-1;;;;+2. The summed E-state index contributed by atoms with van der Waals surface area (Å²) in [6.45, 7) is 0. The quantitative estimate of drug-likeness (QED) is 0.210. The smallest absolute Gasteiger partial charge is 0.0809 e. The predicted molar refractivity (Wildman–Crippen MR) is 101 cm³/mol. The molecule has 0 nitrogen and oxygen atoms in total. The van der Waals surface area contributed by atoms with E-state index in [-0.39, 0.29) is 24.8 Å². The monoisotopic (exact) mass is 496 g/mol. The zero-order valence-electron chi connectivity index (χ0n) is 12.1. The number of hydrogen-bond acceptors (Lipinski definition) is 0. The molecule has 3 heteroatoms. The topological polar surface area (TPSA) is 0 Å². The maximum atomic E-state index is 3.39. The Labute approximate surface area is 158 Å². The van der Waals surface area contributed by atoms with Gasteiger partial charge in [0.15, 0.2) is 0 Å². The van der Waals surface area contributed by atoms with Crippen LogP contribution in [-0.4, -0.2) is 4.26 Å². The van der Waals surface area contributed by atoms with Crippen molar-refractivity contribution >= 4 is 50.6 Å². The van der Waals surface area contributed by atoms with E-state index in [1.165, 1.54) is 21.5 Å². The first-order valence-corrected chi connectivity index (χ1v) is 9.04. The molecule has 4 aromatic rings. The van der Waals surface area contributed by atoms with Gasteiger partial charge in [0.1, 0.15) is 0 Å². The summed E-state index contributed by atoms with van der Waals surface area (Å²) in [6.07, 6.45) is 0. The molecule has 0 aromatic heterocycles. The van der Waals surface area contributed by atoms with E-state index in [4.69, 9.17) is 0 Å². The van der Waals surface area contributed by atoms with Crippen LogP contribution in [0.2, 0.25) is 0 Å². The second-order valence-corrected chi connectivity index (χ2v) is 4.31. The second kappa shape index (κ2) is 11.5. The fourth-order valence-corrected chi connectivity index (χ4v) is 2.14. The maximum Gasteiger partial charge on any atom is -0.0809 e. The molecule has 0 fully saturated rings. The Kier molecular flexibility index (Phi) is 11.0. The summed E-state index contributed by atoms with van der Waals surface area (Å²) in [7, 11) is 0. The van der Waals surface area contributed by atoms with Crippen LogP contribution in [0.4, 0.5) is 0 Å². The predicted octanol–water partition coefficient (Wildman–Crippen LogP) is 5.93. The first-order valence-electron chi connectivity index (χ1n) is 6.50. The molecule has 0 unspecified atom stereocenters. The van der Waals surface area contributed by atoms with E-state index in [1.807, 2.05) is 0 Å². The van der Waals surface area contributed by atoms with Gasteiger partial charge >= 0.3 is 28.2 Å². The molecule has 0 spiro atoms. The molecule has 0 aliphatic heterocycles.